The first-order chi connectivity index (χ1) is 12.2. The van der Waals surface area contributed by atoms with Gasteiger partial charge in [0.1, 0.15) is 0 Å². The van der Waals surface area contributed by atoms with Gasteiger partial charge in [-0.1, -0.05) is 29.3 Å². The Bertz CT molecular complexity index is 937. The van der Waals surface area contributed by atoms with Crippen LogP contribution in [-0.4, -0.2) is 38.9 Å². The molecule has 0 unspecified atom stereocenters. The summed E-state index contributed by atoms with van der Waals surface area (Å²) in [7, 11) is -3.53. The zero-order valence-electron chi connectivity index (χ0n) is 15.1. The SMILES string of the molecule is Cc1cc(S(=O)(=O)N2CCN(c3cc(Cl)ccc3C)CC2)c(C)cc1Cl. The predicted molar refractivity (Wildman–Crippen MR) is 108 cm³/mol. The summed E-state index contributed by atoms with van der Waals surface area (Å²) in [6.07, 6.45) is 0. The topological polar surface area (TPSA) is 40.6 Å². The van der Waals surface area contributed by atoms with Crippen molar-refractivity contribution in [3.05, 3.63) is 57.1 Å². The van der Waals surface area contributed by atoms with E-state index in [0.717, 1.165) is 16.8 Å². The van der Waals surface area contributed by atoms with Crippen LogP contribution in [0.2, 0.25) is 10.0 Å². The van der Waals surface area contributed by atoms with E-state index >= 15 is 0 Å². The fourth-order valence-electron chi connectivity index (χ4n) is 3.26. The van der Waals surface area contributed by atoms with E-state index in [1.807, 2.05) is 32.0 Å². The van der Waals surface area contributed by atoms with Crippen LogP contribution in [0.4, 0.5) is 5.69 Å². The lowest BCUT2D eigenvalue weighted by atomic mass is 10.1. The van der Waals surface area contributed by atoms with E-state index in [0.29, 0.717) is 46.7 Å². The standard InChI is InChI=1S/C19H22Cl2N2O2S/c1-13-4-5-16(20)12-18(13)22-6-8-23(9-7-22)26(24,25)19-11-14(2)17(21)10-15(19)3/h4-5,10-12H,6-9H2,1-3H3. The van der Waals surface area contributed by atoms with Gasteiger partial charge in [0, 0.05) is 41.9 Å². The Labute approximate surface area is 165 Å². The molecule has 0 saturated carbocycles. The highest BCUT2D eigenvalue weighted by molar-refractivity contribution is 7.89. The summed E-state index contributed by atoms with van der Waals surface area (Å²) >= 11 is 12.2. The Morgan fingerprint density at radius 2 is 1.50 bits per heavy atom. The lowest BCUT2D eigenvalue weighted by Gasteiger charge is -2.36. The van der Waals surface area contributed by atoms with Crippen LogP contribution >= 0.6 is 23.2 Å². The first-order valence-corrected chi connectivity index (χ1v) is 10.7. The average Bonchev–Trinajstić information content (AvgIpc) is 2.60. The Morgan fingerprint density at radius 1 is 0.846 bits per heavy atom. The number of anilines is 1. The molecular weight excluding hydrogens is 391 g/mol. The molecule has 1 aliphatic rings. The van der Waals surface area contributed by atoms with Crippen LogP contribution in [0.15, 0.2) is 35.2 Å². The molecule has 2 aromatic carbocycles. The van der Waals surface area contributed by atoms with E-state index in [9.17, 15) is 8.42 Å². The number of sulfonamides is 1. The van der Waals surface area contributed by atoms with Crippen LogP contribution in [0.25, 0.3) is 0 Å². The van der Waals surface area contributed by atoms with E-state index in [-0.39, 0.29) is 0 Å². The first-order valence-electron chi connectivity index (χ1n) is 8.48. The molecule has 1 saturated heterocycles. The molecule has 7 heteroatoms. The summed E-state index contributed by atoms with van der Waals surface area (Å²) in [5.74, 6) is 0. The second-order valence-corrected chi connectivity index (χ2v) is 9.44. The van der Waals surface area contributed by atoms with Gasteiger partial charge in [-0.3, -0.25) is 0 Å². The molecule has 1 aliphatic heterocycles. The number of halogens is 2. The largest absolute Gasteiger partial charge is 0.369 e. The summed E-state index contributed by atoms with van der Waals surface area (Å²) in [5.41, 5.74) is 3.64. The van der Waals surface area contributed by atoms with Gasteiger partial charge in [-0.2, -0.15) is 4.31 Å². The summed E-state index contributed by atoms with van der Waals surface area (Å²) in [5, 5.41) is 1.27. The molecule has 0 bridgehead atoms. The molecular formula is C19H22Cl2N2O2S. The van der Waals surface area contributed by atoms with Crippen LogP contribution in [0.1, 0.15) is 16.7 Å². The smallest absolute Gasteiger partial charge is 0.243 e. The molecule has 2 aromatic rings. The van der Waals surface area contributed by atoms with Crippen LogP contribution in [-0.2, 0) is 10.0 Å². The molecule has 0 spiro atoms. The van der Waals surface area contributed by atoms with Gasteiger partial charge < -0.3 is 4.90 Å². The van der Waals surface area contributed by atoms with Crippen molar-refractivity contribution < 1.29 is 8.42 Å². The highest BCUT2D eigenvalue weighted by Crippen LogP contribution is 2.29. The molecule has 1 heterocycles. The van der Waals surface area contributed by atoms with E-state index < -0.39 is 10.0 Å². The summed E-state index contributed by atoms with van der Waals surface area (Å²) in [6, 6.07) is 9.18. The van der Waals surface area contributed by atoms with Crippen molar-refractivity contribution in [2.45, 2.75) is 25.7 Å². The first kappa shape index (κ1) is 19.5. The highest BCUT2D eigenvalue weighted by atomic mass is 35.5. The van der Waals surface area contributed by atoms with Crippen molar-refractivity contribution in [2.75, 3.05) is 31.1 Å². The van der Waals surface area contributed by atoms with Crippen molar-refractivity contribution in [1.29, 1.82) is 0 Å². The van der Waals surface area contributed by atoms with Crippen LogP contribution in [0.3, 0.4) is 0 Å². The van der Waals surface area contributed by atoms with Gasteiger partial charge in [-0.05, 0) is 61.7 Å². The zero-order chi connectivity index (χ0) is 19.1. The maximum Gasteiger partial charge on any atom is 0.243 e. The van der Waals surface area contributed by atoms with Gasteiger partial charge in [0.05, 0.1) is 4.90 Å². The van der Waals surface area contributed by atoms with Crippen molar-refractivity contribution in [3.63, 3.8) is 0 Å². The Hall–Kier alpha value is -1.27. The van der Waals surface area contributed by atoms with Gasteiger partial charge in [-0.25, -0.2) is 8.42 Å². The molecule has 0 atom stereocenters. The molecule has 140 valence electrons. The summed E-state index contributed by atoms with van der Waals surface area (Å²) < 4.78 is 27.7. The summed E-state index contributed by atoms with van der Waals surface area (Å²) in [6.45, 7) is 7.78. The maximum absolute atomic E-state index is 13.1. The van der Waals surface area contributed by atoms with E-state index in [1.165, 1.54) is 0 Å². The van der Waals surface area contributed by atoms with Gasteiger partial charge in [-0.15, -0.1) is 0 Å². The number of aryl methyl sites for hydroxylation is 3. The van der Waals surface area contributed by atoms with Gasteiger partial charge in [0.2, 0.25) is 10.0 Å². The quantitative estimate of drug-likeness (QED) is 0.748. The number of piperazine rings is 1. The van der Waals surface area contributed by atoms with Gasteiger partial charge in [0.25, 0.3) is 0 Å². The number of nitrogens with zero attached hydrogens (tertiary/aromatic N) is 2. The van der Waals surface area contributed by atoms with Gasteiger partial charge in [0.15, 0.2) is 0 Å². The summed E-state index contributed by atoms with van der Waals surface area (Å²) in [4.78, 5) is 2.53. The third-order valence-electron chi connectivity index (χ3n) is 4.82. The number of rotatable bonds is 3. The molecule has 0 aliphatic carbocycles. The van der Waals surface area contributed by atoms with Crippen LogP contribution in [0, 0.1) is 20.8 Å². The second kappa shape index (κ2) is 7.39. The minimum absolute atomic E-state index is 0.340. The van der Waals surface area contributed by atoms with Crippen molar-refractivity contribution in [2.24, 2.45) is 0 Å². The fourth-order valence-corrected chi connectivity index (χ4v) is 5.36. The third-order valence-corrected chi connectivity index (χ3v) is 7.51. The lowest BCUT2D eigenvalue weighted by Crippen LogP contribution is -2.49. The normalized spacial score (nSPS) is 16.1. The van der Waals surface area contributed by atoms with Crippen molar-refractivity contribution >= 4 is 38.9 Å². The monoisotopic (exact) mass is 412 g/mol. The molecule has 0 amide bonds. The molecule has 4 nitrogen and oxygen atoms in total. The van der Waals surface area contributed by atoms with Crippen molar-refractivity contribution in [1.82, 2.24) is 4.31 Å². The minimum Gasteiger partial charge on any atom is -0.369 e. The van der Waals surface area contributed by atoms with E-state index in [2.05, 4.69) is 4.90 Å². The molecule has 1 fully saturated rings. The predicted octanol–water partition coefficient (Wildman–Crippen LogP) is 4.43. The molecule has 0 radical (unpaired) electrons. The van der Waals surface area contributed by atoms with Crippen LogP contribution < -0.4 is 4.90 Å². The average molecular weight is 413 g/mol. The molecule has 26 heavy (non-hydrogen) atoms. The van der Waals surface area contributed by atoms with Crippen molar-refractivity contribution in [3.8, 4) is 0 Å². The Morgan fingerprint density at radius 3 is 2.15 bits per heavy atom. The maximum atomic E-state index is 13.1. The zero-order valence-corrected chi connectivity index (χ0v) is 17.4. The van der Waals surface area contributed by atoms with Gasteiger partial charge >= 0.3 is 0 Å². The number of hydrogen-bond donors (Lipinski definition) is 0. The highest BCUT2D eigenvalue weighted by Gasteiger charge is 2.30. The van der Waals surface area contributed by atoms with E-state index in [4.69, 9.17) is 23.2 Å². The second-order valence-electron chi connectivity index (χ2n) is 6.69. The molecule has 0 N–H and O–H groups in total. The molecule has 3 rings (SSSR count). The fraction of sp³-hybridized carbons (Fsp3) is 0.368. The third kappa shape index (κ3) is 3.72. The van der Waals surface area contributed by atoms with E-state index in [1.54, 1.807) is 23.4 Å². The van der Waals surface area contributed by atoms with Crippen LogP contribution in [0.5, 0.6) is 0 Å². The molecule has 0 aromatic heterocycles. The minimum atomic E-state index is -3.53. The number of benzene rings is 2. The lowest BCUT2D eigenvalue weighted by molar-refractivity contribution is 0.384. The Kier molecular flexibility index (Phi) is 5.54. The Balaban J connectivity index is 1.81. The number of hydrogen-bond acceptors (Lipinski definition) is 3.